The fraction of sp³-hybridized carbons (Fsp3) is 0.0833. The number of anilines is 1. The van der Waals surface area contributed by atoms with Gasteiger partial charge < -0.3 is 5.73 Å². The zero-order valence-electron chi connectivity index (χ0n) is 8.67. The first-order valence-electron chi connectivity index (χ1n) is 4.77. The van der Waals surface area contributed by atoms with E-state index in [0.29, 0.717) is 17.1 Å². The molecule has 2 rings (SSSR count). The molecular weight excluding hydrogens is 210 g/mol. The maximum absolute atomic E-state index is 13.5. The van der Waals surface area contributed by atoms with Gasteiger partial charge in [-0.3, -0.25) is 0 Å². The molecule has 0 bridgehead atoms. The van der Waals surface area contributed by atoms with E-state index in [2.05, 4.69) is 4.98 Å². The number of nitrogens with two attached hydrogens (primary N) is 1. The summed E-state index contributed by atoms with van der Waals surface area (Å²) in [6, 6.07) is 7.25. The van der Waals surface area contributed by atoms with Crippen LogP contribution in [0.3, 0.4) is 0 Å². The van der Waals surface area contributed by atoms with E-state index < -0.39 is 11.6 Å². The highest BCUT2D eigenvalue weighted by molar-refractivity contribution is 5.67. The van der Waals surface area contributed by atoms with E-state index in [1.807, 2.05) is 0 Å². The molecule has 0 aliphatic carbocycles. The molecule has 0 aliphatic heterocycles. The highest BCUT2D eigenvalue weighted by Gasteiger charge is 2.12. The van der Waals surface area contributed by atoms with Crippen LogP contribution in [0.5, 0.6) is 0 Å². The van der Waals surface area contributed by atoms with Crippen LogP contribution in [0, 0.1) is 18.6 Å². The van der Waals surface area contributed by atoms with Gasteiger partial charge in [0.1, 0.15) is 5.82 Å². The van der Waals surface area contributed by atoms with E-state index in [1.165, 1.54) is 12.1 Å². The number of benzene rings is 1. The Morgan fingerprint density at radius 3 is 2.50 bits per heavy atom. The molecule has 2 aromatic rings. The summed E-state index contributed by atoms with van der Waals surface area (Å²) >= 11 is 0. The molecule has 1 aromatic carbocycles. The summed E-state index contributed by atoms with van der Waals surface area (Å²) in [6.07, 6.45) is 0. The lowest BCUT2D eigenvalue weighted by Crippen LogP contribution is -1.96. The molecule has 82 valence electrons. The van der Waals surface area contributed by atoms with Crippen LogP contribution in [0.4, 0.5) is 14.6 Å². The standard InChI is InChI=1S/C12H10F2N2/c1-7-8(5-6-11(15)16-7)9-3-2-4-10(13)12(9)14/h2-6H,1H3,(H2,15,16). The summed E-state index contributed by atoms with van der Waals surface area (Å²) in [6.45, 7) is 1.70. The first-order chi connectivity index (χ1) is 7.59. The van der Waals surface area contributed by atoms with Gasteiger partial charge in [0.25, 0.3) is 0 Å². The molecule has 0 amide bonds. The first-order valence-corrected chi connectivity index (χ1v) is 4.77. The minimum Gasteiger partial charge on any atom is -0.384 e. The van der Waals surface area contributed by atoms with Crippen molar-refractivity contribution in [2.75, 3.05) is 5.73 Å². The Morgan fingerprint density at radius 1 is 1.06 bits per heavy atom. The van der Waals surface area contributed by atoms with Crippen LogP contribution in [0.1, 0.15) is 5.69 Å². The van der Waals surface area contributed by atoms with Gasteiger partial charge in [0.15, 0.2) is 11.6 Å². The van der Waals surface area contributed by atoms with Crippen molar-refractivity contribution in [2.24, 2.45) is 0 Å². The number of pyridine rings is 1. The lowest BCUT2D eigenvalue weighted by atomic mass is 10.0. The fourth-order valence-corrected chi connectivity index (χ4v) is 1.58. The largest absolute Gasteiger partial charge is 0.384 e. The average Bonchev–Trinajstić information content (AvgIpc) is 2.23. The average molecular weight is 220 g/mol. The SMILES string of the molecule is Cc1nc(N)ccc1-c1cccc(F)c1F. The van der Waals surface area contributed by atoms with Gasteiger partial charge in [0.2, 0.25) is 0 Å². The first kappa shape index (κ1) is 10.5. The molecule has 2 nitrogen and oxygen atoms in total. The monoisotopic (exact) mass is 220 g/mol. The van der Waals surface area contributed by atoms with Crippen molar-refractivity contribution in [3.63, 3.8) is 0 Å². The molecule has 1 aromatic heterocycles. The summed E-state index contributed by atoms with van der Waals surface area (Å²) in [7, 11) is 0. The van der Waals surface area contributed by atoms with Crippen molar-refractivity contribution in [1.29, 1.82) is 0 Å². The lowest BCUT2D eigenvalue weighted by molar-refractivity contribution is 0.511. The van der Waals surface area contributed by atoms with Gasteiger partial charge in [-0.15, -0.1) is 0 Å². The third-order valence-corrected chi connectivity index (χ3v) is 2.35. The normalized spacial score (nSPS) is 10.4. The van der Waals surface area contributed by atoms with Crippen LogP contribution in [0.2, 0.25) is 0 Å². The molecule has 0 saturated heterocycles. The van der Waals surface area contributed by atoms with Crippen molar-refractivity contribution in [2.45, 2.75) is 6.92 Å². The van der Waals surface area contributed by atoms with Gasteiger partial charge in [0, 0.05) is 16.8 Å². The molecule has 2 N–H and O–H groups in total. The molecule has 0 radical (unpaired) electrons. The highest BCUT2D eigenvalue weighted by atomic mass is 19.2. The number of nitrogen functional groups attached to an aromatic ring is 1. The molecule has 0 fully saturated rings. The maximum Gasteiger partial charge on any atom is 0.166 e. The molecule has 0 unspecified atom stereocenters. The van der Waals surface area contributed by atoms with Gasteiger partial charge >= 0.3 is 0 Å². The van der Waals surface area contributed by atoms with Crippen LogP contribution in [0.15, 0.2) is 30.3 Å². The Hall–Kier alpha value is -1.97. The fourth-order valence-electron chi connectivity index (χ4n) is 1.58. The zero-order chi connectivity index (χ0) is 11.7. The Balaban J connectivity index is 2.63. The molecule has 16 heavy (non-hydrogen) atoms. The predicted molar refractivity (Wildman–Crippen MR) is 58.7 cm³/mol. The van der Waals surface area contributed by atoms with Gasteiger partial charge in [-0.2, -0.15) is 0 Å². The Morgan fingerprint density at radius 2 is 1.81 bits per heavy atom. The van der Waals surface area contributed by atoms with Crippen molar-refractivity contribution >= 4 is 5.82 Å². The number of aryl methyl sites for hydroxylation is 1. The topological polar surface area (TPSA) is 38.9 Å². The summed E-state index contributed by atoms with van der Waals surface area (Å²) in [5, 5.41) is 0. The lowest BCUT2D eigenvalue weighted by Gasteiger charge is -2.07. The number of aromatic nitrogens is 1. The second kappa shape index (κ2) is 3.89. The molecular formula is C12H10F2N2. The minimum absolute atomic E-state index is 0.199. The zero-order valence-corrected chi connectivity index (χ0v) is 8.67. The second-order valence-corrected chi connectivity index (χ2v) is 3.47. The Bertz CT molecular complexity index is 539. The molecule has 0 spiro atoms. The Labute approximate surface area is 91.7 Å². The van der Waals surface area contributed by atoms with Crippen LogP contribution in [-0.2, 0) is 0 Å². The van der Waals surface area contributed by atoms with Crippen molar-refractivity contribution < 1.29 is 8.78 Å². The van der Waals surface area contributed by atoms with E-state index in [0.717, 1.165) is 6.07 Å². The molecule has 4 heteroatoms. The van der Waals surface area contributed by atoms with Crippen LogP contribution < -0.4 is 5.73 Å². The Kier molecular flexibility index (Phi) is 2.56. The third-order valence-electron chi connectivity index (χ3n) is 2.35. The number of rotatable bonds is 1. The molecule has 0 saturated carbocycles. The van der Waals surface area contributed by atoms with Gasteiger partial charge in [-0.25, -0.2) is 13.8 Å². The summed E-state index contributed by atoms with van der Waals surface area (Å²) in [4.78, 5) is 4.01. The number of hydrogen-bond donors (Lipinski definition) is 1. The molecule has 0 aliphatic rings. The van der Waals surface area contributed by atoms with Crippen LogP contribution in [-0.4, -0.2) is 4.98 Å². The number of halogens is 2. The number of nitrogens with zero attached hydrogens (tertiary/aromatic N) is 1. The van der Waals surface area contributed by atoms with Gasteiger partial charge in [-0.05, 0) is 25.1 Å². The van der Waals surface area contributed by atoms with Crippen LogP contribution in [0.25, 0.3) is 11.1 Å². The minimum atomic E-state index is -0.867. The van der Waals surface area contributed by atoms with E-state index in [4.69, 9.17) is 5.73 Å². The summed E-state index contributed by atoms with van der Waals surface area (Å²) in [5.74, 6) is -1.37. The second-order valence-electron chi connectivity index (χ2n) is 3.47. The number of hydrogen-bond acceptors (Lipinski definition) is 2. The predicted octanol–water partition coefficient (Wildman–Crippen LogP) is 2.92. The van der Waals surface area contributed by atoms with Gasteiger partial charge in [0.05, 0.1) is 0 Å². The quantitative estimate of drug-likeness (QED) is 0.802. The summed E-state index contributed by atoms with van der Waals surface area (Å²) < 4.78 is 26.6. The molecule has 1 heterocycles. The maximum atomic E-state index is 13.5. The van der Waals surface area contributed by atoms with E-state index >= 15 is 0 Å². The van der Waals surface area contributed by atoms with Crippen molar-refractivity contribution in [1.82, 2.24) is 4.98 Å². The summed E-state index contributed by atoms with van der Waals surface area (Å²) in [5.41, 5.74) is 6.81. The smallest absolute Gasteiger partial charge is 0.166 e. The van der Waals surface area contributed by atoms with E-state index in [1.54, 1.807) is 19.1 Å². The van der Waals surface area contributed by atoms with Crippen molar-refractivity contribution in [3.05, 3.63) is 47.7 Å². The van der Waals surface area contributed by atoms with Crippen molar-refractivity contribution in [3.8, 4) is 11.1 Å². The van der Waals surface area contributed by atoms with Gasteiger partial charge in [-0.1, -0.05) is 12.1 Å². The van der Waals surface area contributed by atoms with E-state index in [-0.39, 0.29) is 5.56 Å². The van der Waals surface area contributed by atoms with Crippen LogP contribution >= 0.6 is 0 Å². The molecule has 0 atom stereocenters. The third kappa shape index (κ3) is 1.74. The van der Waals surface area contributed by atoms with E-state index in [9.17, 15) is 8.78 Å². The highest BCUT2D eigenvalue weighted by Crippen LogP contribution is 2.26.